The zero-order valence-corrected chi connectivity index (χ0v) is 14.5. The largest absolute Gasteiger partial charge is 0.489 e. The van der Waals surface area contributed by atoms with Gasteiger partial charge in [0.15, 0.2) is 0 Å². The summed E-state index contributed by atoms with van der Waals surface area (Å²) in [5, 5.41) is 0. The Morgan fingerprint density at radius 2 is 1.70 bits per heavy atom. The predicted octanol–water partition coefficient (Wildman–Crippen LogP) is 5.05. The molecule has 0 spiro atoms. The van der Waals surface area contributed by atoms with E-state index in [4.69, 9.17) is 9.15 Å². The van der Waals surface area contributed by atoms with Crippen LogP contribution in [0.15, 0.2) is 83.9 Å². The number of benzene rings is 1. The minimum Gasteiger partial charge on any atom is -0.489 e. The molecule has 0 aliphatic rings. The second-order valence-electron chi connectivity index (χ2n) is 6.15. The minimum atomic E-state index is -0.503. The van der Waals surface area contributed by atoms with Crippen LogP contribution in [0.25, 0.3) is 11.3 Å². The van der Waals surface area contributed by atoms with E-state index >= 15 is 0 Å². The maximum atomic E-state index is 12.9. The van der Waals surface area contributed by atoms with E-state index in [0.717, 1.165) is 34.4 Å². The lowest BCUT2D eigenvalue weighted by Crippen LogP contribution is -1.95. The number of nitrogens with zero attached hydrogens (tertiary/aromatic N) is 2. The molecule has 134 valence electrons. The SMILES string of the molecule is Fc1ccc(-c2cc(Cc3ccc(OCc4ccncc4)cc3)co2)cn1. The van der Waals surface area contributed by atoms with Crippen molar-refractivity contribution in [3.05, 3.63) is 102 Å². The molecule has 4 aromatic rings. The molecule has 0 saturated carbocycles. The van der Waals surface area contributed by atoms with Crippen LogP contribution in [0.3, 0.4) is 0 Å². The van der Waals surface area contributed by atoms with Gasteiger partial charge < -0.3 is 9.15 Å². The molecule has 0 saturated heterocycles. The molecule has 0 fully saturated rings. The van der Waals surface area contributed by atoms with Gasteiger partial charge in [0.05, 0.1) is 6.26 Å². The number of aromatic nitrogens is 2. The molecule has 3 aromatic heterocycles. The van der Waals surface area contributed by atoms with Crippen LogP contribution in [0.1, 0.15) is 16.7 Å². The molecule has 0 bridgehead atoms. The van der Waals surface area contributed by atoms with Crippen LogP contribution in [-0.4, -0.2) is 9.97 Å². The summed E-state index contributed by atoms with van der Waals surface area (Å²) < 4.78 is 24.3. The Labute approximate surface area is 156 Å². The molecule has 4 nitrogen and oxygen atoms in total. The van der Waals surface area contributed by atoms with E-state index < -0.39 is 5.95 Å². The molecule has 0 N–H and O–H groups in total. The fraction of sp³-hybridized carbons (Fsp3) is 0.0909. The van der Waals surface area contributed by atoms with Gasteiger partial charge in [-0.3, -0.25) is 4.98 Å². The highest BCUT2D eigenvalue weighted by Gasteiger charge is 2.07. The number of pyridine rings is 2. The topological polar surface area (TPSA) is 48.2 Å². The van der Waals surface area contributed by atoms with E-state index in [1.54, 1.807) is 24.7 Å². The summed E-state index contributed by atoms with van der Waals surface area (Å²) >= 11 is 0. The summed E-state index contributed by atoms with van der Waals surface area (Å²) in [6.07, 6.45) is 7.42. The summed E-state index contributed by atoms with van der Waals surface area (Å²) in [5.74, 6) is 0.993. The summed E-state index contributed by atoms with van der Waals surface area (Å²) in [6.45, 7) is 0.513. The molecule has 0 unspecified atom stereocenters. The first kappa shape index (κ1) is 17.0. The zero-order chi connectivity index (χ0) is 18.5. The number of hydrogen-bond acceptors (Lipinski definition) is 4. The van der Waals surface area contributed by atoms with Gasteiger partial charge >= 0.3 is 0 Å². The fourth-order valence-corrected chi connectivity index (χ4v) is 2.73. The highest BCUT2D eigenvalue weighted by atomic mass is 19.1. The van der Waals surface area contributed by atoms with Crippen molar-refractivity contribution in [2.45, 2.75) is 13.0 Å². The molecule has 0 aliphatic heterocycles. The number of rotatable bonds is 6. The number of furan rings is 1. The van der Waals surface area contributed by atoms with Gasteiger partial charge in [-0.1, -0.05) is 12.1 Å². The van der Waals surface area contributed by atoms with Crippen LogP contribution in [0, 0.1) is 5.95 Å². The van der Waals surface area contributed by atoms with Gasteiger partial charge in [-0.15, -0.1) is 0 Å². The number of halogens is 1. The average molecular weight is 360 g/mol. The van der Waals surface area contributed by atoms with Crippen LogP contribution < -0.4 is 4.74 Å². The molecule has 1 aromatic carbocycles. The Morgan fingerprint density at radius 1 is 0.889 bits per heavy atom. The van der Waals surface area contributed by atoms with Crippen molar-refractivity contribution in [3.8, 4) is 17.1 Å². The van der Waals surface area contributed by atoms with Gasteiger partial charge in [-0.25, -0.2) is 4.98 Å². The maximum Gasteiger partial charge on any atom is 0.212 e. The van der Waals surface area contributed by atoms with E-state index in [1.807, 2.05) is 42.5 Å². The molecule has 27 heavy (non-hydrogen) atoms. The van der Waals surface area contributed by atoms with Crippen molar-refractivity contribution in [3.63, 3.8) is 0 Å². The number of ether oxygens (including phenoxy) is 1. The Morgan fingerprint density at radius 3 is 2.44 bits per heavy atom. The minimum absolute atomic E-state index is 0.503. The predicted molar refractivity (Wildman–Crippen MR) is 99.7 cm³/mol. The Hall–Kier alpha value is -3.47. The van der Waals surface area contributed by atoms with Gasteiger partial charge in [0.25, 0.3) is 0 Å². The highest BCUT2D eigenvalue weighted by Crippen LogP contribution is 2.24. The zero-order valence-electron chi connectivity index (χ0n) is 14.5. The van der Waals surface area contributed by atoms with Crippen LogP contribution in [0.4, 0.5) is 4.39 Å². The lowest BCUT2D eigenvalue weighted by molar-refractivity contribution is 0.306. The normalized spacial score (nSPS) is 10.7. The van der Waals surface area contributed by atoms with Crippen LogP contribution in [0.2, 0.25) is 0 Å². The Balaban J connectivity index is 1.38. The first-order valence-corrected chi connectivity index (χ1v) is 8.56. The molecule has 5 heteroatoms. The van der Waals surface area contributed by atoms with Crippen LogP contribution >= 0.6 is 0 Å². The lowest BCUT2D eigenvalue weighted by Gasteiger charge is -2.07. The van der Waals surface area contributed by atoms with Crippen molar-refractivity contribution in [1.29, 1.82) is 0 Å². The molecule has 0 aliphatic carbocycles. The van der Waals surface area contributed by atoms with Crippen molar-refractivity contribution >= 4 is 0 Å². The summed E-state index contributed by atoms with van der Waals surface area (Å²) in [5.41, 5.74) is 4.02. The third-order valence-corrected chi connectivity index (χ3v) is 4.15. The fourth-order valence-electron chi connectivity index (χ4n) is 2.73. The van der Waals surface area contributed by atoms with Gasteiger partial charge in [0.2, 0.25) is 5.95 Å². The molecule has 0 amide bonds. The van der Waals surface area contributed by atoms with Crippen molar-refractivity contribution in [2.75, 3.05) is 0 Å². The summed E-state index contributed by atoms with van der Waals surface area (Å²) in [7, 11) is 0. The van der Waals surface area contributed by atoms with Gasteiger partial charge in [0.1, 0.15) is 18.1 Å². The van der Waals surface area contributed by atoms with Crippen molar-refractivity contribution in [2.24, 2.45) is 0 Å². The molecule has 4 rings (SSSR count). The Kier molecular flexibility index (Phi) is 4.92. The monoisotopic (exact) mass is 360 g/mol. The molecule has 3 heterocycles. The summed E-state index contributed by atoms with van der Waals surface area (Å²) in [6, 6.07) is 16.8. The molecule has 0 radical (unpaired) electrons. The highest BCUT2D eigenvalue weighted by molar-refractivity contribution is 5.56. The van der Waals surface area contributed by atoms with E-state index in [9.17, 15) is 4.39 Å². The van der Waals surface area contributed by atoms with E-state index in [1.165, 1.54) is 12.3 Å². The third kappa shape index (κ3) is 4.39. The first-order chi connectivity index (χ1) is 13.3. The van der Waals surface area contributed by atoms with E-state index in [0.29, 0.717) is 12.4 Å². The van der Waals surface area contributed by atoms with Gasteiger partial charge in [0, 0.05) is 30.6 Å². The van der Waals surface area contributed by atoms with Crippen molar-refractivity contribution < 1.29 is 13.5 Å². The standard InChI is InChI=1S/C22H17FN2O2/c23-22-6-3-19(13-25-22)21-12-18(15-27-21)11-16-1-4-20(5-2-16)26-14-17-7-9-24-10-8-17/h1-10,12-13,15H,11,14H2. The molecule has 0 atom stereocenters. The molecular formula is C22H17FN2O2. The van der Waals surface area contributed by atoms with Gasteiger partial charge in [-0.2, -0.15) is 4.39 Å². The quantitative estimate of drug-likeness (QED) is 0.452. The van der Waals surface area contributed by atoms with Crippen LogP contribution in [-0.2, 0) is 13.0 Å². The lowest BCUT2D eigenvalue weighted by atomic mass is 10.1. The van der Waals surface area contributed by atoms with Gasteiger partial charge in [-0.05, 0) is 59.2 Å². The molecular weight excluding hydrogens is 343 g/mol. The second kappa shape index (κ2) is 7.83. The summed E-state index contributed by atoms with van der Waals surface area (Å²) in [4.78, 5) is 7.65. The van der Waals surface area contributed by atoms with Crippen molar-refractivity contribution in [1.82, 2.24) is 9.97 Å². The first-order valence-electron chi connectivity index (χ1n) is 8.56. The second-order valence-corrected chi connectivity index (χ2v) is 6.15. The maximum absolute atomic E-state index is 12.9. The Bertz CT molecular complexity index is 997. The third-order valence-electron chi connectivity index (χ3n) is 4.15. The smallest absolute Gasteiger partial charge is 0.212 e. The van der Waals surface area contributed by atoms with E-state index in [2.05, 4.69) is 9.97 Å². The van der Waals surface area contributed by atoms with Crippen LogP contribution in [0.5, 0.6) is 5.75 Å². The number of hydrogen-bond donors (Lipinski definition) is 0. The van der Waals surface area contributed by atoms with E-state index in [-0.39, 0.29) is 0 Å². The average Bonchev–Trinajstić information content (AvgIpc) is 3.17.